The van der Waals surface area contributed by atoms with Crippen LogP contribution in [0.2, 0.25) is 0 Å². The van der Waals surface area contributed by atoms with Crippen molar-refractivity contribution in [3.8, 4) is 0 Å². The number of rotatable bonds is 8. The van der Waals surface area contributed by atoms with Crippen LogP contribution in [0.25, 0.3) is 0 Å². The number of pyridine rings is 1. The maximum absolute atomic E-state index is 13.0. The van der Waals surface area contributed by atoms with E-state index >= 15 is 0 Å². The van der Waals surface area contributed by atoms with Gasteiger partial charge in [0.1, 0.15) is 0 Å². The van der Waals surface area contributed by atoms with E-state index in [1.54, 1.807) is 12.4 Å². The minimum atomic E-state index is -0.794. The maximum Gasteiger partial charge on any atom is 0.259 e. The predicted molar refractivity (Wildman–Crippen MR) is 127 cm³/mol. The summed E-state index contributed by atoms with van der Waals surface area (Å²) in [7, 11) is 2.68. The van der Waals surface area contributed by atoms with Crippen molar-refractivity contribution in [1.29, 1.82) is 0 Å². The molecule has 1 atom stereocenters. The van der Waals surface area contributed by atoms with Crippen molar-refractivity contribution in [3.05, 3.63) is 94.2 Å². The Morgan fingerprint density at radius 3 is 2.35 bits per heavy atom. The molecule has 0 aliphatic heterocycles. The fourth-order valence-corrected chi connectivity index (χ4v) is 4.70. The SMILES string of the molecule is O=C(Nc1nc(=S)ss1)C(OCc1ccccc1)c1ccc(Nc2ccncc2)cc1. The number of benzene rings is 2. The number of nitrogens with zero attached hydrogens (tertiary/aromatic N) is 2. The molecule has 9 heteroatoms. The molecule has 2 N–H and O–H groups in total. The monoisotopic (exact) mass is 466 g/mol. The molecule has 2 heterocycles. The average molecular weight is 467 g/mol. The minimum Gasteiger partial charge on any atom is -0.359 e. The number of aromatic nitrogens is 2. The second-order valence-electron chi connectivity index (χ2n) is 6.50. The summed E-state index contributed by atoms with van der Waals surface area (Å²) in [6.45, 7) is 0.308. The molecule has 0 saturated carbocycles. The standard InChI is InChI=1S/C22H18N4O2S3/c27-20(25-21-26-22(29)31-30-21)19(28-14-15-4-2-1-3-5-15)16-6-8-17(9-7-16)24-18-10-12-23-13-11-18/h1-13,19H,14H2,(H,23,24)(H,25,26,27,29). The van der Waals surface area contributed by atoms with E-state index in [-0.39, 0.29) is 5.91 Å². The van der Waals surface area contributed by atoms with Gasteiger partial charge in [0.15, 0.2) is 10.1 Å². The van der Waals surface area contributed by atoms with Gasteiger partial charge < -0.3 is 10.1 Å². The first-order valence-electron chi connectivity index (χ1n) is 9.38. The Morgan fingerprint density at radius 2 is 1.68 bits per heavy atom. The number of carbonyl (C=O) groups excluding carboxylic acids is 1. The van der Waals surface area contributed by atoms with E-state index in [1.165, 1.54) is 20.7 Å². The van der Waals surface area contributed by atoms with Gasteiger partial charge in [-0.2, -0.15) is 4.98 Å². The number of ether oxygens (including phenoxy) is 1. The molecule has 0 bridgehead atoms. The van der Waals surface area contributed by atoms with Crippen LogP contribution in [-0.2, 0) is 16.1 Å². The molecular formula is C22H18N4O2S3. The minimum absolute atomic E-state index is 0.290. The van der Waals surface area contributed by atoms with E-state index in [2.05, 4.69) is 20.6 Å². The quantitative estimate of drug-likeness (QED) is 0.246. The van der Waals surface area contributed by atoms with Gasteiger partial charge in [0.25, 0.3) is 5.91 Å². The van der Waals surface area contributed by atoms with Crippen LogP contribution in [0.1, 0.15) is 17.2 Å². The number of hydrogen-bond donors (Lipinski definition) is 2. The number of amides is 1. The zero-order chi connectivity index (χ0) is 21.5. The van der Waals surface area contributed by atoms with Crippen LogP contribution < -0.4 is 10.6 Å². The van der Waals surface area contributed by atoms with Gasteiger partial charge >= 0.3 is 0 Å². The van der Waals surface area contributed by atoms with E-state index in [0.29, 0.717) is 15.7 Å². The molecule has 0 saturated heterocycles. The summed E-state index contributed by atoms with van der Waals surface area (Å²) in [5, 5.41) is 6.59. The molecule has 0 aliphatic rings. The fourth-order valence-electron chi connectivity index (χ4n) is 2.84. The number of nitrogens with one attached hydrogen (secondary N) is 2. The van der Waals surface area contributed by atoms with Gasteiger partial charge in [-0.25, -0.2) is 0 Å². The largest absolute Gasteiger partial charge is 0.359 e. The molecule has 4 aromatic rings. The second-order valence-corrected chi connectivity index (χ2v) is 9.25. The van der Waals surface area contributed by atoms with Crippen molar-refractivity contribution >= 4 is 55.3 Å². The first kappa shape index (κ1) is 21.3. The van der Waals surface area contributed by atoms with Crippen LogP contribution in [0.15, 0.2) is 79.1 Å². The normalized spacial score (nSPS) is 11.6. The van der Waals surface area contributed by atoms with Gasteiger partial charge in [0.05, 0.1) is 6.61 Å². The van der Waals surface area contributed by atoms with Crippen molar-refractivity contribution in [2.75, 3.05) is 10.6 Å². The predicted octanol–water partition coefficient (Wildman–Crippen LogP) is 5.97. The molecule has 4 rings (SSSR count). The molecule has 2 aromatic carbocycles. The fraction of sp³-hybridized carbons (Fsp3) is 0.0909. The zero-order valence-corrected chi connectivity index (χ0v) is 18.7. The Morgan fingerprint density at radius 1 is 0.968 bits per heavy atom. The van der Waals surface area contributed by atoms with Crippen LogP contribution in [0, 0.1) is 3.95 Å². The van der Waals surface area contributed by atoms with Crippen LogP contribution in [0.4, 0.5) is 16.5 Å². The summed E-state index contributed by atoms with van der Waals surface area (Å²) in [4.78, 5) is 21.2. The molecular weight excluding hydrogens is 448 g/mol. The third-order valence-electron chi connectivity index (χ3n) is 4.29. The summed E-state index contributed by atoms with van der Waals surface area (Å²) in [5.74, 6) is -0.290. The molecule has 0 radical (unpaired) electrons. The number of hydrogen-bond acceptors (Lipinski definition) is 8. The second kappa shape index (κ2) is 10.4. The Balaban J connectivity index is 1.52. The highest BCUT2D eigenvalue weighted by Crippen LogP contribution is 2.26. The lowest BCUT2D eigenvalue weighted by Gasteiger charge is -2.18. The summed E-state index contributed by atoms with van der Waals surface area (Å²) < 4.78 is 6.52. The Bertz CT molecular complexity index is 1180. The van der Waals surface area contributed by atoms with Crippen molar-refractivity contribution < 1.29 is 9.53 Å². The smallest absolute Gasteiger partial charge is 0.259 e. The van der Waals surface area contributed by atoms with E-state index < -0.39 is 6.10 Å². The molecule has 2 aromatic heterocycles. The Hall–Kier alpha value is -2.98. The maximum atomic E-state index is 13.0. The Kier molecular flexibility index (Phi) is 7.11. The van der Waals surface area contributed by atoms with Gasteiger partial charge in [0.2, 0.25) is 5.13 Å². The Labute approximate surface area is 192 Å². The van der Waals surface area contributed by atoms with Crippen molar-refractivity contribution in [2.24, 2.45) is 0 Å². The number of carbonyl (C=O) groups is 1. The van der Waals surface area contributed by atoms with E-state index in [0.717, 1.165) is 22.5 Å². The molecule has 0 aliphatic carbocycles. The van der Waals surface area contributed by atoms with Gasteiger partial charge in [-0.05, 0) is 68.3 Å². The zero-order valence-electron chi connectivity index (χ0n) is 16.2. The average Bonchev–Trinajstić information content (AvgIpc) is 3.21. The van der Waals surface area contributed by atoms with Gasteiger partial charge in [-0.1, -0.05) is 42.5 Å². The van der Waals surface area contributed by atoms with Crippen molar-refractivity contribution in [2.45, 2.75) is 12.7 Å². The molecule has 31 heavy (non-hydrogen) atoms. The van der Waals surface area contributed by atoms with Gasteiger partial charge in [0, 0.05) is 23.8 Å². The summed E-state index contributed by atoms with van der Waals surface area (Å²) in [5.41, 5.74) is 3.56. The van der Waals surface area contributed by atoms with Crippen LogP contribution in [-0.4, -0.2) is 15.9 Å². The van der Waals surface area contributed by atoms with Crippen LogP contribution >= 0.6 is 32.9 Å². The molecule has 0 spiro atoms. The first-order chi connectivity index (χ1) is 15.2. The highest BCUT2D eigenvalue weighted by molar-refractivity contribution is 7.79. The third kappa shape index (κ3) is 6.02. The lowest BCUT2D eigenvalue weighted by atomic mass is 10.1. The molecule has 6 nitrogen and oxygen atoms in total. The lowest BCUT2D eigenvalue weighted by Crippen LogP contribution is -2.23. The lowest BCUT2D eigenvalue weighted by molar-refractivity contribution is -0.128. The first-order valence-corrected chi connectivity index (χ1v) is 11.9. The molecule has 156 valence electrons. The summed E-state index contributed by atoms with van der Waals surface area (Å²) >= 11 is 5.05. The third-order valence-corrected chi connectivity index (χ3v) is 6.82. The molecule has 0 fully saturated rings. The van der Waals surface area contributed by atoms with Crippen LogP contribution in [0.5, 0.6) is 0 Å². The highest BCUT2D eigenvalue weighted by Gasteiger charge is 2.23. The van der Waals surface area contributed by atoms with Crippen molar-refractivity contribution in [1.82, 2.24) is 9.97 Å². The van der Waals surface area contributed by atoms with Crippen LogP contribution in [0.3, 0.4) is 0 Å². The molecule has 1 amide bonds. The topological polar surface area (TPSA) is 76.1 Å². The van der Waals surface area contributed by atoms with E-state index in [1.807, 2.05) is 66.7 Å². The summed E-state index contributed by atoms with van der Waals surface area (Å²) in [6.07, 6.45) is 2.65. The summed E-state index contributed by atoms with van der Waals surface area (Å²) in [6, 6.07) is 21.1. The van der Waals surface area contributed by atoms with Gasteiger partial charge in [-0.3, -0.25) is 15.1 Å². The molecule has 1 unspecified atom stereocenters. The van der Waals surface area contributed by atoms with E-state index in [4.69, 9.17) is 17.0 Å². The van der Waals surface area contributed by atoms with Crippen molar-refractivity contribution in [3.63, 3.8) is 0 Å². The van der Waals surface area contributed by atoms with Gasteiger partial charge in [-0.15, -0.1) is 0 Å². The number of anilines is 3. The highest BCUT2D eigenvalue weighted by atomic mass is 32.9. The van der Waals surface area contributed by atoms with E-state index in [9.17, 15) is 4.79 Å².